The number of hydrogen-bond acceptors (Lipinski definition) is 0. The van der Waals surface area contributed by atoms with Crippen LogP contribution in [0.25, 0.3) is 0 Å². The molecule has 2 heterocycles. The van der Waals surface area contributed by atoms with Gasteiger partial charge in [-0.15, -0.1) is 0 Å². The number of hydrogen-bond donors (Lipinski definition) is 0. The van der Waals surface area contributed by atoms with Crippen LogP contribution in [-0.4, -0.2) is 22.6 Å². The third-order valence-electron chi connectivity index (χ3n) is 7.10. The van der Waals surface area contributed by atoms with Gasteiger partial charge in [0.1, 0.15) is 0 Å². The zero-order chi connectivity index (χ0) is 19.0. The van der Waals surface area contributed by atoms with Gasteiger partial charge in [-0.05, 0) is 77.2 Å². The third-order valence-corrected chi connectivity index (χ3v) is 14.0. The molecular formula is C25H36ClP2Rh-. The van der Waals surface area contributed by atoms with Crippen molar-refractivity contribution in [1.82, 2.24) is 0 Å². The van der Waals surface area contributed by atoms with E-state index in [0.717, 1.165) is 34.5 Å². The van der Waals surface area contributed by atoms with Gasteiger partial charge in [-0.2, -0.15) is 0 Å². The molecule has 0 N–H and O–H groups in total. The quantitative estimate of drug-likeness (QED) is 0.307. The van der Waals surface area contributed by atoms with Crippen LogP contribution in [0.5, 0.6) is 0 Å². The number of allylic oxidation sites excluding steroid dienone is 4. The minimum absolute atomic E-state index is 0. The Morgan fingerprint density at radius 2 is 0.931 bits per heavy atom. The monoisotopic (exact) mass is 536 g/mol. The fourth-order valence-electron chi connectivity index (χ4n) is 5.57. The number of halogens is 1. The van der Waals surface area contributed by atoms with Gasteiger partial charge in [-0.1, -0.05) is 92.1 Å². The Hall–Kier alpha value is 0.473. The zero-order valence-corrected chi connectivity index (χ0v) is 22.4. The second-order valence-corrected chi connectivity index (χ2v) is 15.3. The summed E-state index contributed by atoms with van der Waals surface area (Å²) in [6.07, 6.45) is 16.3. The normalized spacial score (nSPS) is 35.2. The minimum atomic E-state index is 0. The maximum absolute atomic E-state index is 2.50. The molecule has 29 heavy (non-hydrogen) atoms. The first-order valence-corrected chi connectivity index (χ1v) is 14.0. The molecule has 2 aliphatic carbocycles. The largest absolute Gasteiger partial charge is 1.00 e. The molecule has 0 amide bonds. The molecule has 0 unspecified atom stereocenters. The number of fused-ring (bicyclic) bond motifs is 2. The predicted molar refractivity (Wildman–Crippen MR) is 126 cm³/mol. The van der Waals surface area contributed by atoms with Gasteiger partial charge in [0.15, 0.2) is 0 Å². The summed E-state index contributed by atoms with van der Waals surface area (Å²) in [6.45, 7) is 10.0. The fraction of sp³-hybridized carbons (Fsp3) is 0.600. The van der Waals surface area contributed by atoms with Crippen molar-refractivity contribution in [2.24, 2.45) is 11.8 Å². The van der Waals surface area contributed by atoms with Crippen molar-refractivity contribution < 1.29 is 31.9 Å². The number of rotatable bonds is 2. The molecule has 5 rings (SSSR count). The average molecular weight is 537 g/mol. The molecule has 0 spiro atoms. The van der Waals surface area contributed by atoms with Gasteiger partial charge in [0.25, 0.3) is 0 Å². The molecule has 2 bridgehead atoms. The molecule has 4 heteroatoms. The van der Waals surface area contributed by atoms with E-state index in [9.17, 15) is 0 Å². The predicted octanol–water partition coefficient (Wildman–Crippen LogP) is 3.79. The Labute approximate surface area is 200 Å². The molecule has 1 radical (unpaired) electrons. The maximum atomic E-state index is 2.50. The van der Waals surface area contributed by atoms with Crippen LogP contribution in [-0.2, 0) is 19.5 Å². The van der Waals surface area contributed by atoms with Crippen LogP contribution >= 0.6 is 15.8 Å². The number of benzene rings is 1. The van der Waals surface area contributed by atoms with Gasteiger partial charge >= 0.3 is 0 Å². The van der Waals surface area contributed by atoms with Crippen LogP contribution in [0, 0.1) is 11.8 Å². The van der Waals surface area contributed by atoms with Crippen molar-refractivity contribution in [3.8, 4) is 0 Å². The first-order chi connectivity index (χ1) is 13.0. The van der Waals surface area contributed by atoms with E-state index in [1.807, 2.05) is 0 Å². The smallest absolute Gasteiger partial charge is 0 e. The van der Waals surface area contributed by atoms with Crippen LogP contribution < -0.4 is 23.0 Å². The van der Waals surface area contributed by atoms with E-state index in [-0.39, 0.29) is 47.7 Å². The van der Waals surface area contributed by atoms with Gasteiger partial charge in [0.05, 0.1) is 0 Å². The molecule has 0 aromatic heterocycles. The van der Waals surface area contributed by atoms with Gasteiger partial charge in [-0.3, -0.25) is 0 Å². The van der Waals surface area contributed by atoms with E-state index in [4.69, 9.17) is 0 Å². The summed E-state index contributed by atoms with van der Waals surface area (Å²) < 4.78 is 0. The molecule has 4 atom stereocenters. The average Bonchev–Trinajstić information content (AvgIpc) is 3.44. The van der Waals surface area contributed by atoms with Crippen molar-refractivity contribution >= 4 is 26.5 Å². The van der Waals surface area contributed by atoms with Crippen LogP contribution in [0.15, 0.2) is 48.6 Å². The molecule has 2 saturated heterocycles. The van der Waals surface area contributed by atoms with Crippen LogP contribution in [0.2, 0.25) is 0 Å². The Kier molecular flexibility index (Phi) is 10.1. The molecular weight excluding hydrogens is 501 g/mol. The summed E-state index contributed by atoms with van der Waals surface area (Å²) in [7, 11) is 0.157. The minimum Gasteiger partial charge on any atom is -1.00 e. The molecule has 1 aromatic rings. The van der Waals surface area contributed by atoms with E-state index in [2.05, 4.69) is 76.3 Å². The molecule has 0 saturated carbocycles. The van der Waals surface area contributed by atoms with E-state index in [1.165, 1.54) is 32.1 Å². The van der Waals surface area contributed by atoms with Gasteiger partial charge in [0.2, 0.25) is 0 Å². The molecule has 0 nitrogen and oxygen atoms in total. The topological polar surface area (TPSA) is 0 Å². The maximum Gasteiger partial charge on any atom is 0 e. The van der Waals surface area contributed by atoms with Crippen molar-refractivity contribution in [3.63, 3.8) is 0 Å². The fourth-order valence-corrected chi connectivity index (χ4v) is 12.8. The van der Waals surface area contributed by atoms with E-state index < -0.39 is 0 Å². The summed E-state index contributed by atoms with van der Waals surface area (Å²) in [6, 6.07) is 9.55. The summed E-state index contributed by atoms with van der Waals surface area (Å²) in [5.41, 5.74) is 3.74. The van der Waals surface area contributed by atoms with Gasteiger partial charge < -0.3 is 12.4 Å². The van der Waals surface area contributed by atoms with E-state index in [1.54, 1.807) is 10.6 Å². The first kappa shape index (κ1) is 25.7. The molecule has 2 aliphatic heterocycles. The zero-order valence-electron chi connectivity index (χ0n) is 18.2. The summed E-state index contributed by atoms with van der Waals surface area (Å²) in [5, 5.41) is 3.57. The molecule has 1 aromatic carbocycles. The van der Waals surface area contributed by atoms with Crippen molar-refractivity contribution in [2.75, 3.05) is 0 Å². The van der Waals surface area contributed by atoms with Gasteiger partial charge in [0, 0.05) is 19.5 Å². The standard InChI is InChI=1S/C18H28P2.C7H8.ClH.Rh/c1-13-9-10-14(2)19(13)17-7-5-6-8-18(17)20-15(3)11-12-16(20)4;1-2-7-4-3-6(1)5-7;;/h5-8,13-16H,9-12H2,1-4H3;1-4,6-7H,5H2;1H;/p-1/t13-,14-,15-,16-;;;/m0.../s1. The Morgan fingerprint density at radius 3 is 1.17 bits per heavy atom. The summed E-state index contributed by atoms with van der Waals surface area (Å²) >= 11 is 0. The second-order valence-electron chi connectivity index (χ2n) is 9.19. The van der Waals surface area contributed by atoms with Crippen molar-refractivity contribution in [1.29, 1.82) is 0 Å². The van der Waals surface area contributed by atoms with Crippen LogP contribution in [0.1, 0.15) is 59.8 Å². The van der Waals surface area contributed by atoms with Crippen LogP contribution in [0.3, 0.4) is 0 Å². The SMILES string of the molecule is C1=CC2C=CC1C2.C[C@H]1CC[C@H](C)P1c1ccccc1P1[C@@H](C)CC[C@@H]1C.[Cl-].[Rh]. The van der Waals surface area contributed by atoms with Crippen LogP contribution in [0.4, 0.5) is 0 Å². The Bertz CT molecular complexity index is 628. The van der Waals surface area contributed by atoms with E-state index >= 15 is 0 Å². The molecule has 4 aliphatic rings. The Morgan fingerprint density at radius 1 is 0.621 bits per heavy atom. The molecule has 163 valence electrons. The molecule has 2 fully saturated rings. The first-order valence-electron chi connectivity index (χ1n) is 11.1. The van der Waals surface area contributed by atoms with Gasteiger partial charge in [-0.25, -0.2) is 0 Å². The van der Waals surface area contributed by atoms with E-state index in [0.29, 0.717) is 0 Å². The third kappa shape index (κ3) is 5.64. The summed E-state index contributed by atoms with van der Waals surface area (Å²) in [4.78, 5) is 0. The van der Waals surface area contributed by atoms with Crippen molar-refractivity contribution in [3.05, 3.63) is 48.6 Å². The van der Waals surface area contributed by atoms with Crippen molar-refractivity contribution in [2.45, 2.75) is 82.4 Å². The Balaban J connectivity index is 0.000000281. The summed E-state index contributed by atoms with van der Waals surface area (Å²) in [5.74, 6) is 1.62. The second kappa shape index (κ2) is 11.4.